The molecular weight excluding hydrogens is 152 g/mol. The Morgan fingerprint density at radius 2 is 2.10 bits per heavy atom. The van der Waals surface area contributed by atoms with Gasteiger partial charge in [0.1, 0.15) is 0 Å². The molecule has 0 rings (SSSR count). The second-order valence-electron chi connectivity index (χ2n) is 1.31. The van der Waals surface area contributed by atoms with Crippen LogP contribution in [0.2, 0.25) is 0 Å². The van der Waals surface area contributed by atoms with E-state index in [0.717, 1.165) is 6.42 Å². The molecule has 0 aromatic heterocycles. The van der Waals surface area contributed by atoms with Gasteiger partial charge in [0, 0.05) is 0 Å². The Morgan fingerprint density at radius 1 is 1.70 bits per heavy atom. The van der Waals surface area contributed by atoms with Crippen molar-refractivity contribution in [2.45, 2.75) is 13.3 Å². The molecule has 6 heteroatoms. The third kappa shape index (κ3) is 24.8. The fraction of sp³-hybridized carbons (Fsp3) is 0.750. The van der Waals surface area contributed by atoms with Crippen LogP contribution in [0.1, 0.15) is 13.3 Å². The molecule has 4 nitrogen and oxygen atoms in total. The second-order valence-corrected chi connectivity index (χ2v) is 2.07. The first-order chi connectivity index (χ1) is 4.68. The van der Waals surface area contributed by atoms with Gasteiger partial charge in [-0.15, -0.1) is 0 Å². The van der Waals surface area contributed by atoms with E-state index in [9.17, 15) is 0 Å². The predicted octanol–water partition coefficient (Wildman–Crippen LogP) is -0.275. The highest BCUT2D eigenvalue weighted by molar-refractivity contribution is 7.39. The van der Waals surface area contributed by atoms with E-state index in [4.69, 9.17) is 15.0 Å². The summed E-state index contributed by atoms with van der Waals surface area (Å²) in [6, 6.07) is 0. The van der Waals surface area contributed by atoms with Crippen molar-refractivity contribution in [1.82, 2.24) is 0 Å². The van der Waals surface area contributed by atoms with Crippen molar-refractivity contribution in [1.29, 1.82) is 5.26 Å². The van der Waals surface area contributed by atoms with Crippen LogP contribution < -0.4 is 0 Å². The summed E-state index contributed by atoms with van der Waals surface area (Å²) in [6.07, 6.45) is 0.819. The summed E-state index contributed by atoms with van der Waals surface area (Å²) in [6.45, 7) is 2.33. The molecule has 0 heterocycles. The van der Waals surface area contributed by atoms with E-state index in [0.29, 0.717) is 6.61 Å². The maximum absolute atomic E-state index is 8.08. The normalized spacial score (nSPS) is 7.90. The van der Waals surface area contributed by atoms with Crippen LogP contribution in [0.25, 0.3) is 0 Å². The highest BCUT2D eigenvalue weighted by atomic mass is 31.2. The van der Waals surface area contributed by atoms with Crippen molar-refractivity contribution in [3.63, 3.8) is 0 Å². The first-order valence-electron chi connectivity index (χ1n) is 2.80. The zero-order chi connectivity index (χ0) is 8.41. The molecule has 0 aromatic carbocycles. The Labute approximate surface area is 62.8 Å². The molecule has 0 aromatic rings. The first kappa shape index (κ1) is 12.5. The molecule has 0 spiro atoms. The van der Waals surface area contributed by atoms with Gasteiger partial charge in [0.2, 0.25) is 7.85 Å². The number of nitriles is 1. The molecule has 0 saturated heterocycles. The zero-order valence-electron chi connectivity index (χ0n) is 6.11. The topological polar surface area (TPSA) is 73.5 Å². The van der Waals surface area contributed by atoms with Crippen molar-refractivity contribution in [3.8, 4) is 5.97 Å². The number of nitrogens with zero attached hydrogens (tertiary/aromatic N) is 1. The minimum absolute atomic E-state index is 0.429. The molecule has 0 aliphatic rings. The maximum atomic E-state index is 8.08. The second kappa shape index (κ2) is 11.6. The average Bonchev–Trinajstić information content (AvgIpc) is 1.85. The Kier molecular flexibility index (Phi) is 14.6. The van der Waals surface area contributed by atoms with Gasteiger partial charge in [0.25, 0.3) is 0 Å². The number of hydrogen-bond donors (Lipinski definition) is 2. The van der Waals surface area contributed by atoms with E-state index in [1.54, 1.807) is 5.97 Å². The Morgan fingerprint density at radius 3 is 2.20 bits per heavy atom. The largest absolute Gasteiger partial charge is 0.328 e. The molecule has 0 atom stereocenters. The van der Waals surface area contributed by atoms with E-state index in [2.05, 4.69) is 4.52 Å². The van der Waals surface area contributed by atoms with Crippen LogP contribution in [-0.4, -0.2) is 24.2 Å². The van der Waals surface area contributed by atoms with Crippen LogP contribution in [0.5, 0.6) is 0 Å². The molecule has 0 bridgehead atoms. The zero-order valence-corrected chi connectivity index (χ0v) is 7.01. The average molecular weight is 163 g/mol. The lowest BCUT2D eigenvalue weighted by Gasteiger charge is -1.98. The fourth-order valence-electron chi connectivity index (χ4n) is 0.173. The summed E-state index contributed by atoms with van der Waals surface area (Å²) >= 11 is 0. The van der Waals surface area contributed by atoms with Gasteiger partial charge in [-0.1, -0.05) is 6.92 Å². The Bertz CT molecular complexity index is 95.0. The Balaban J connectivity index is 0. The van der Waals surface area contributed by atoms with E-state index in [1.165, 1.54) is 7.85 Å². The SMILES string of the molecule is BC#N.CCCOP(O)O. The van der Waals surface area contributed by atoms with Gasteiger partial charge in [-0.05, 0) is 12.4 Å². The lowest BCUT2D eigenvalue weighted by Crippen LogP contribution is -1.83. The highest BCUT2D eigenvalue weighted by Crippen LogP contribution is 2.23. The van der Waals surface area contributed by atoms with Crippen molar-refractivity contribution < 1.29 is 14.3 Å². The monoisotopic (exact) mass is 163 g/mol. The quantitative estimate of drug-likeness (QED) is 0.443. The molecule has 0 aliphatic heterocycles. The van der Waals surface area contributed by atoms with Crippen LogP contribution in [0, 0.1) is 11.2 Å². The summed E-state index contributed by atoms with van der Waals surface area (Å²) in [5.41, 5.74) is 0. The summed E-state index contributed by atoms with van der Waals surface area (Å²) < 4.78 is 4.37. The standard InChI is InChI=1S/C3H9O3P.CH2BN/c1-2-3-6-7(4)5;2-1-3/h4-5H,2-3H2,1H3;2H2. The number of hydrogen-bond acceptors (Lipinski definition) is 4. The molecular formula is C4H11BNO3P. The lowest BCUT2D eigenvalue weighted by atomic mass is 10.2. The van der Waals surface area contributed by atoms with Crippen LogP contribution in [0.3, 0.4) is 0 Å². The molecule has 58 valence electrons. The minimum Gasteiger partial charge on any atom is -0.328 e. The fourth-order valence-corrected chi connectivity index (χ4v) is 0.519. The van der Waals surface area contributed by atoms with Gasteiger partial charge in [0.15, 0.2) is 0 Å². The molecule has 10 heavy (non-hydrogen) atoms. The van der Waals surface area contributed by atoms with E-state index in [1.807, 2.05) is 6.92 Å². The molecule has 2 N–H and O–H groups in total. The van der Waals surface area contributed by atoms with Gasteiger partial charge in [-0.3, -0.25) is 0 Å². The van der Waals surface area contributed by atoms with Gasteiger partial charge in [0.05, 0.1) is 6.61 Å². The summed E-state index contributed by atoms with van der Waals surface area (Å²) in [7, 11) is -0.676. The summed E-state index contributed by atoms with van der Waals surface area (Å²) in [4.78, 5) is 16.2. The van der Waals surface area contributed by atoms with Crippen LogP contribution in [0.15, 0.2) is 0 Å². The third-order valence-electron chi connectivity index (χ3n) is 0.411. The number of rotatable bonds is 3. The van der Waals surface area contributed by atoms with Gasteiger partial charge >= 0.3 is 8.60 Å². The van der Waals surface area contributed by atoms with Crippen molar-refractivity contribution >= 4 is 16.4 Å². The summed E-state index contributed by atoms with van der Waals surface area (Å²) in [5.74, 6) is 1.75. The van der Waals surface area contributed by atoms with Gasteiger partial charge in [-0.2, -0.15) is 0 Å². The van der Waals surface area contributed by atoms with Crippen molar-refractivity contribution in [3.05, 3.63) is 0 Å². The van der Waals surface area contributed by atoms with Crippen molar-refractivity contribution in [2.75, 3.05) is 6.61 Å². The molecule has 0 amide bonds. The maximum Gasteiger partial charge on any atom is 0.327 e. The first-order valence-corrected chi connectivity index (χ1v) is 3.97. The van der Waals surface area contributed by atoms with Gasteiger partial charge in [-0.25, -0.2) is 5.26 Å². The van der Waals surface area contributed by atoms with E-state index in [-0.39, 0.29) is 0 Å². The molecule has 0 radical (unpaired) electrons. The lowest BCUT2D eigenvalue weighted by molar-refractivity contribution is 0.255. The third-order valence-corrected chi connectivity index (χ3v) is 0.824. The van der Waals surface area contributed by atoms with Crippen LogP contribution >= 0.6 is 8.60 Å². The molecule has 0 unspecified atom stereocenters. The Hall–Kier alpha value is -0.135. The van der Waals surface area contributed by atoms with E-state index < -0.39 is 8.60 Å². The smallest absolute Gasteiger partial charge is 0.327 e. The summed E-state index contributed by atoms with van der Waals surface area (Å²) in [5, 5.41) is 7.32. The van der Waals surface area contributed by atoms with E-state index >= 15 is 0 Å². The van der Waals surface area contributed by atoms with Crippen LogP contribution in [-0.2, 0) is 4.52 Å². The van der Waals surface area contributed by atoms with Gasteiger partial charge < -0.3 is 14.3 Å². The molecule has 0 aliphatic carbocycles. The van der Waals surface area contributed by atoms with Crippen LogP contribution in [0.4, 0.5) is 0 Å². The molecule has 0 fully saturated rings. The predicted molar refractivity (Wildman–Crippen MR) is 41.8 cm³/mol. The minimum atomic E-state index is -2.11. The molecule has 0 saturated carbocycles. The highest BCUT2D eigenvalue weighted by Gasteiger charge is 1.93. The van der Waals surface area contributed by atoms with Crippen molar-refractivity contribution in [2.24, 2.45) is 0 Å².